The molecule has 27 heavy (non-hydrogen) atoms. The molecule has 0 spiro atoms. The summed E-state index contributed by atoms with van der Waals surface area (Å²) in [7, 11) is 4.02. The van der Waals surface area contributed by atoms with E-state index in [-0.39, 0.29) is 11.9 Å². The first kappa shape index (κ1) is 19.0. The van der Waals surface area contributed by atoms with Gasteiger partial charge < -0.3 is 10.2 Å². The standard InChI is InChI=1S/C20H23N5OS/c1-24(2)18(19-9-6-12-27-19)13-21-20(26)11-10-17-15-25(23-22-17)14-16-7-4-3-5-8-16/h3-12,15,18H,13-14H2,1-2H3,(H,21,26)/b11-10+. The van der Waals surface area contributed by atoms with Crippen molar-refractivity contribution in [1.82, 2.24) is 25.2 Å². The third-order valence-electron chi connectivity index (χ3n) is 4.11. The predicted octanol–water partition coefficient (Wildman–Crippen LogP) is 2.82. The molecule has 6 nitrogen and oxygen atoms in total. The van der Waals surface area contributed by atoms with Crippen molar-refractivity contribution in [2.45, 2.75) is 12.6 Å². The van der Waals surface area contributed by atoms with Crippen LogP contribution in [-0.4, -0.2) is 46.4 Å². The normalized spacial score (nSPS) is 12.6. The Bertz CT molecular complexity index is 871. The maximum absolute atomic E-state index is 12.1. The number of amides is 1. The van der Waals surface area contributed by atoms with E-state index >= 15 is 0 Å². The largest absolute Gasteiger partial charge is 0.351 e. The summed E-state index contributed by atoms with van der Waals surface area (Å²) in [4.78, 5) is 15.5. The van der Waals surface area contributed by atoms with Crippen molar-refractivity contribution >= 4 is 23.3 Å². The molecule has 0 bridgehead atoms. The summed E-state index contributed by atoms with van der Waals surface area (Å²) < 4.78 is 1.76. The van der Waals surface area contributed by atoms with Gasteiger partial charge in [-0.15, -0.1) is 16.4 Å². The molecule has 0 saturated heterocycles. The molecule has 1 aromatic carbocycles. The van der Waals surface area contributed by atoms with E-state index in [1.807, 2.05) is 62.1 Å². The van der Waals surface area contributed by atoms with Crippen molar-refractivity contribution in [2.24, 2.45) is 0 Å². The molecule has 0 saturated carbocycles. The number of benzene rings is 1. The van der Waals surface area contributed by atoms with E-state index in [0.717, 1.165) is 5.56 Å². The molecular weight excluding hydrogens is 358 g/mol. The second-order valence-electron chi connectivity index (χ2n) is 6.40. The highest BCUT2D eigenvalue weighted by atomic mass is 32.1. The third kappa shape index (κ3) is 5.60. The number of aromatic nitrogens is 3. The molecule has 7 heteroatoms. The van der Waals surface area contributed by atoms with Gasteiger partial charge in [-0.05, 0) is 37.2 Å². The van der Waals surface area contributed by atoms with Crippen LogP contribution in [0.15, 0.2) is 60.1 Å². The highest BCUT2D eigenvalue weighted by molar-refractivity contribution is 7.10. The van der Waals surface area contributed by atoms with Crippen molar-refractivity contribution in [3.63, 3.8) is 0 Å². The topological polar surface area (TPSA) is 63.1 Å². The average molecular weight is 382 g/mol. The minimum atomic E-state index is -0.143. The second-order valence-corrected chi connectivity index (χ2v) is 7.38. The van der Waals surface area contributed by atoms with Crippen LogP contribution in [0.25, 0.3) is 6.08 Å². The number of thiophene rings is 1. The lowest BCUT2D eigenvalue weighted by atomic mass is 10.2. The lowest BCUT2D eigenvalue weighted by Crippen LogP contribution is -2.33. The summed E-state index contributed by atoms with van der Waals surface area (Å²) in [5, 5.41) is 13.2. The second kappa shape index (κ2) is 9.25. The zero-order valence-electron chi connectivity index (χ0n) is 15.4. The SMILES string of the molecule is CN(C)C(CNC(=O)/C=C/c1cn(Cc2ccccc2)nn1)c1cccs1. The molecule has 0 radical (unpaired) electrons. The van der Waals surface area contributed by atoms with E-state index in [2.05, 4.69) is 26.6 Å². The van der Waals surface area contributed by atoms with Crippen molar-refractivity contribution in [1.29, 1.82) is 0 Å². The summed E-state index contributed by atoms with van der Waals surface area (Å²) in [5.74, 6) is -0.143. The number of carbonyl (C=O) groups is 1. The van der Waals surface area contributed by atoms with Crippen LogP contribution in [0, 0.1) is 0 Å². The Morgan fingerprint density at radius 2 is 2.07 bits per heavy atom. The van der Waals surface area contributed by atoms with Gasteiger partial charge in [0.1, 0.15) is 5.69 Å². The van der Waals surface area contributed by atoms with Crippen LogP contribution >= 0.6 is 11.3 Å². The van der Waals surface area contributed by atoms with Crippen molar-refractivity contribution in [2.75, 3.05) is 20.6 Å². The first-order valence-corrected chi connectivity index (χ1v) is 9.59. The molecule has 140 valence electrons. The van der Waals surface area contributed by atoms with Gasteiger partial charge in [-0.25, -0.2) is 4.68 Å². The Morgan fingerprint density at radius 1 is 1.26 bits per heavy atom. The zero-order chi connectivity index (χ0) is 19.1. The van der Waals surface area contributed by atoms with Gasteiger partial charge in [-0.1, -0.05) is 41.6 Å². The fourth-order valence-electron chi connectivity index (χ4n) is 2.67. The Hall–Kier alpha value is -2.77. The Labute approximate surface area is 163 Å². The minimum Gasteiger partial charge on any atom is -0.351 e. The first-order valence-electron chi connectivity index (χ1n) is 8.71. The summed E-state index contributed by atoms with van der Waals surface area (Å²) in [5.41, 5.74) is 1.81. The number of hydrogen-bond donors (Lipinski definition) is 1. The van der Waals surface area contributed by atoms with E-state index < -0.39 is 0 Å². The molecule has 0 aliphatic heterocycles. The maximum Gasteiger partial charge on any atom is 0.244 e. The van der Waals surface area contributed by atoms with Gasteiger partial charge in [0.15, 0.2) is 0 Å². The van der Waals surface area contributed by atoms with E-state index in [1.165, 1.54) is 11.0 Å². The van der Waals surface area contributed by atoms with Crippen LogP contribution in [-0.2, 0) is 11.3 Å². The van der Waals surface area contributed by atoms with E-state index in [0.29, 0.717) is 18.8 Å². The summed E-state index contributed by atoms with van der Waals surface area (Å²) >= 11 is 1.69. The smallest absolute Gasteiger partial charge is 0.244 e. The Balaban J connectivity index is 1.52. The van der Waals surface area contributed by atoms with Crippen LogP contribution < -0.4 is 5.32 Å². The van der Waals surface area contributed by atoms with Crippen LogP contribution in [0.3, 0.4) is 0 Å². The highest BCUT2D eigenvalue weighted by Gasteiger charge is 2.15. The van der Waals surface area contributed by atoms with Crippen LogP contribution in [0.5, 0.6) is 0 Å². The van der Waals surface area contributed by atoms with Gasteiger partial charge in [0.2, 0.25) is 5.91 Å². The quantitative estimate of drug-likeness (QED) is 0.610. The first-order chi connectivity index (χ1) is 13.1. The molecule has 1 atom stereocenters. The summed E-state index contributed by atoms with van der Waals surface area (Å²) in [6.07, 6.45) is 5.00. The van der Waals surface area contributed by atoms with Crippen LogP contribution in [0.4, 0.5) is 0 Å². The van der Waals surface area contributed by atoms with Gasteiger partial charge >= 0.3 is 0 Å². The van der Waals surface area contributed by atoms with Gasteiger partial charge in [0.05, 0.1) is 18.8 Å². The van der Waals surface area contributed by atoms with E-state index in [1.54, 1.807) is 22.1 Å². The Morgan fingerprint density at radius 3 is 2.78 bits per heavy atom. The number of carbonyl (C=O) groups excluding carboxylic acids is 1. The number of nitrogens with zero attached hydrogens (tertiary/aromatic N) is 4. The zero-order valence-corrected chi connectivity index (χ0v) is 16.3. The lowest BCUT2D eigenvalue weighted by molar-refractivity contribution is -0.116. The van der Waals surface area contributed by atoms with Gasteiger partial charge in [-0.2, -0.15) is 0 Å². The number of nitrogens with one attached hydrogen (secondary N) is 1. The molecule has 3 aromatic rings. The molecule has 2 aromatic heterocycles. The van der Waals surface area contributed by atoms with Crippen molar-refractivity contribution in [3.8, 4) is 0 Å². The molecule has 0 aliphatic carbocycles. The van der Waals surface area contributed by atoms with E-state index in [9.17, 15) is 4.79 Å². The molecule has 1 N–H and O–H groups in total. The Kier molecular flexibility index (Phi) is 6.51. The minimum absolute atomic E-state index is 0.143. The number of hydrogen-bond acceptors (Lipinski definition) is 5. The van der Waals surface area contributed by atoms with E-state index in [4.69, 9.17) is 0 Å². The van der Waals surface area contributed by atoms with Gasteiger partial charge in [0, 0.05) is 17.5 Å². The lowest BCUT2D eigenvalue weighted by Gasteiger charge is -2.23. The highest BCUT2D eigenvalue weighted by Crippen LogP contribution is 2.22. The average Bonchev–Trinajstić information content (AvgIpc) is 3.33. The molecule has 0 fully saturated rings. The number of rotatable bonds is 8. The number of likely N-dealkylation sites (N-methyl/N-ethyl adjacent to an activating group) is 1. The molecular formula is C20H23N5OS. The fraction of sp³-hybridized carbons (Fsp3) is 0.250. The molecule has 1 unspecified atom stereocenters. The predicted molar refractivity (Wildman–Crippen MR) is 108 cm³/mol. The van der Waals surface area contributed by atoms with Gasteiger partial charge in [0.25, 0.3) is 0 Å². The fourth-order valence-corrected chi connectivity index (χ4v) is 3.60. The molecule has 2 heterocycles. The summed E-state index contributed by atoms with van der Waals surface area (Å²) in [6.45, 7) is 1.20. The van der Waals surface area contributed by atoms with Crippen LogP contribution in [0.1, 0.15) is 22.2 Å². The molecule has 3 rings (SSSR count). The summed E-state index contributed by atoms with van der Waals surface area (Å²) in [6, 6.07) is 14.3. The third-order valence-corrected chi connectivity index (χ3v) is 5.09. The van der Waals surface area contributed by atoms with Crippen molar-refractivity contribution in [3.05, 3.63) is 76.3 Å². The van der Waals surface area contributed by atoms with Crippen molar-refractivity contribution < 1.29 is 4.79 Å². The van der Waals surface area contributed by atoms with Crippen LogP contribution in [0.2, 0.25) is 0 Å². The maximum atomic E-state index is 12.1. The monoisotopic (exact) mass is 381 g/mol. The van der Waals surface area contributed by atoms with Gasteiger partial charge in [-0.3, -0.25) is 4.79 Å². The molecule has 0 aliphatic rings. The molecule has 1 amide bonds.